The van der Waals surface area contributed by atoms with E-state index in [0.717, 1.165) is 0 Å². The second kappa shape index (κ2) is 8.16. The molecule has 126 valence electrons. The minimum absolute atomic E-state index is 0.154. The van der Waals surface area contributed by atoms with Gasteiger partial charge in [0.1, 0.15) is 22.8 Å². The average molecular weight is 346 g/mol. The summed E-state index contributed by atoms with van der Waals surface area (Å²) in [4.78, 5) is 12.5. The monoisotopic (exact) mass is 346 g/mol. The summed E-state index contributed by atoms with van der Waals surface area (Å²) in [5.74, 6) is 1.05. The van der Waals surface area contributed by atoms with Gasteiger partial charge in [-0.25, -0.2) is 0 Å². The van der Waals surface area contributed by atoms with Crippen LogP contribution in [-0.4, -0.2) is 32.3 Å². The number of thiocarbonyl (C=S) groups is 1. The summed E-state index contributed by atoms with van der Waals surface area (Å²) in [6.07, 6.45) is 0. The summed E-state index contributed by atoms with van der Waals surface area (Å²) >= 11 is 5.19. The van der Waals surface area contributed by atoms with Gasteiger partial charge in [0.05, 0.1) is 21.3 Å². The molecule has 6 nitrogen and oxygen atoms in total. The molecule has 0 heterocycles. The van der Waals surface area contributed by atoms with Crippen LogP contribution in [0.25, 0.3) is 0 Å². The van der Waals surface area contributed by atoms with Crippen molar-refractivity contribution in [2.45, 2.75) is 0 Å². The molecule has 0 fully saturated rings. The van der Waals surface area contributed by atoms with E-state index >= 15 is 0 Å². The van der Waals surface area contributed by atoms with Crippen molar-refractivity contribution in [1.82, 2.24) is 5.32 Å². The van der Waals surface area contributed by atoms with Gasteiger partial charge in [0.15, 0.2) is 5.11 Å². The van der Waals surface area contributed by atoms with Crippen LogP contribution in [0.3, 0.4) is 0 Å². The maximum absolute atomic E-state index is 12.5. The highest BCUT2D eigenvalue weighted by Crippen LogP contribution is 2.28. The van der Waals surface area contributed by atoms with Crippen LogP contribution in [0.15, 0.2) is 42.5 Å². The van der Waals surface area contributed by atoms with Crippen molar-refractivity contribution < 1.29 is 19.0 Å². The van der Waals surface area contributed by atoms with Gasteiger partial charge in [-0.15, -0.1) is 0 Å². The number of anilines is 1. The molecular formula is C17H18N2O4S. The fourth-order valence-electron chi connectivity index (χ4n) is 2.10. The van der Waals surface area contributed by atoms with Crippen molar-refractivity contribution in [3.63, 3.8) is 0 Å². The van der Waals surface area contributed by atoms with Crippen LogP contribution in [0.2, 0.25) is 0 Å². The van der Waals surface area contributed by atoms with Gasteiger partial charge in [-0.2, -0.15) is 0 Å². The first-order chi connectivity index (χ1) is 11.6. The predicted octanol–water partition coefficient (Wildman–Crippen LogP) is 2.84. The summed E-state index contributed by atoms with van der Waals surface area (Å²) in [5.41, 5.74) is 0.976. The summed E-state index contributed by atoms with van der Waals surface area (Å²) < 4.78 is 15.6. The van der Waals surface area contributed by atoms with Crippen LogP contribution < -0.4 is 24.8 Å². The van der Waals surface area contributed by atoms with Crippen molar-refractivity contribution in [2.75, 3.05) is 26.6 Å². The molecule has 0 aromatic heterocycles. The zero-order valence-electron chi connectivity index (χ0n) is 13.6. The third-order valence-corrected chi connectivity index (χ3v) is 3.41. The van der Waals surface area contributed by atoms with Gasteiger partial charge in [0, 0.05) is 11.8 Å². The van der Waals surface area contributed by atoms with E-state index in [-0.39, 0.29) is 10.7 Å². The first-order valence-electron chi connectivity index (χ1n) is 7.06. The van der Waals surface area contributed by atoms with Gasteiger partial charge < -0.3 is 19.5 Å². The molecule has 0 saturated carbocycles. The fraction of sp³-hybridized carbons (Fsp3) is 0.176. The largest absolute Gasteiger partial charge is 0.497 e. The third-order valence-electron chi connectivity index (χ3n) is 3.21. The minimum Gasteiger partial charge on any atom is -0.497 e. The van der Waals surface area contributed by atoms with Crippen LogP contribution in [0.5, 0.6) is 17.2 Å². The highest BCUT2D eigenvalue weighted by molar-refractivity contribution is 7.80. The number of hydrogen-bond acceptors (Lipinski definition) is 5. The van der Waals surface area contributed by atoms with E-state index in [1.165, 1.54) is 14.2 Å². The Morgan fingerprint density at radius 3 is 2.17 bits per heavy atom. The van der Waals surface area contributed by atoms with E-state index in [2.05, 4.69) is 10.6 Å². The third kappa shape index (κ3) is 4.14. The lowest BCUT2D eigenvalue weighted by molar-refractivity contribution is 0.0971. The molecule has 0 spiro atoms. The molecule has 0 aliphatic carbocycles. The number of carbonyl (C=O) groups excluding carboxylic acids is 1. The zero-order valence-corrected chi connectivity index (χ0v) is 14.4. The maximum Gasteiger partial charge on any atom is 0.264 e. The SMILES string of the molecule is COc1cccc(NC(=S)NC(=O)c2c(OC)cccc2OC)c1. The molecule has 2 N–H and O–H groups in total. The summed E-state index contributed by atoms with van der Waals surface area (Å²) in [6, 6.07) is 12.3. The van der Waals surface area contributed by atoms with Crippen molar-refractivity contribution in [3.05, 3.63) is 48.0 Å². The Bertz CT molecular complexity index is 727. The van der Waals surface area contributed by atoms with Crippen LogP contribution in [0, 0.1) is 0 Å². The standard InChI is InChI=1S/C17H18N2O4S/c1-21-12-7-4-6-11(10-12)18-17(24)19-16(20)15-13(22-2)8-5-9-14(15)23-3/h4-10H,1-3H3,(H2,18,19,20,24). The van der Waals surface area contributed by atoms with Gasteiger partial charge in [-0.3, -0.25) is 10.1 Å². The predicted molar refractivity (Wildman–Crippen MR) is 96.2 cm³/mol. The molecule has 1 amide bonds. The van der Waals surface area contributed by atoms with Crippen LogP contribution >= 0.6 is 12.2 Å². The molecule has 0 aliphatic rings. The first kappa shape index (κ1) is 17.6. The molecule has 2 aromatic rings. The lowest BCUT2D eigenvalue weighted by atomic mass is 10.1. The Morgan fingerprint density at radius 1 is 0.958 bits per heavy atom. The number of carbonyl (C=O) groups is 1. The summed E-state index contributed by atoms with van der Waals surface area (Å²) in [5, 5.41) is 5.70. The highest BCUT2D eigenvalue weighted by atomic mass is 32.1. The van der Waals surface area contributed by atoms with Crippen LogP contribution in [0.4, 0.5) is 5.69 Å². The molecule has 0 aliphatic heterocycles. The van der Waals surface area contributed by atoms with Crippen molar-refractivity contribution in [3.8, 4) is 17.2 Å². The highest BCUT2D eigenvalue weighted by Gasteiger charge is 2.19. The van der Waals surface area contributed by atoms with Gasteiger partial charge in [0.2, 0.25) is 0 Å². The number of amides is 1. The molecule has 0 unspecified atom stereocenters. The van der Waals surface area contributed by atoms with Crippen LogP contribution in [-0.2, 0) is 0 Å². The molecule has 0 saturated heterocycles. The smallest absolute Gasteiger partial charge is 0.264 e. The average Bonchev–Trinajstić information content (AvgIpc) is 2.60. The fourth-order valence-corrected chi connectivity index (χ4v) is 2.31. The normalized spacial score (nSPS) is 9.79. The minimum atomic E-state index is -0.426. The Kier molecular flexibility index (Phi) is 5.97. The first-order valence-corrected chi connectivity index (χ1v) is 7.47. The second-order valence-corrected chi connectivity index (χ2v) is 5.09. The Hall–Kier alpha value is -2.80. The zero-order chi connectivity index (χ0) is 17.5. The summed E-state index contributed by atoms with van der Waals surface area (Å²) in [6.45, 7) is 0. The number of methoxy groups -OCH3 is 3. The number of ether oxygens (including phenoxy) is 3. The Morgan fingerprint density at radius 2 is 1.58 bits per heavy atom. The second-order valence-electron chi connectivity index (χ2n) is 4.68. The molecule has 2 rings (SSSR count). The van der Waals surface area contributed by atoms with E-state index in [0.29, 0.717) is 22.9 Å². The number of rotatable bonds is 5. The molecule has 0 radical (unpaired) electrons. The lowest BCUT2D eigenvalue weighted by Gasteiger charge is -2.14. The van der Waals surface area contributed by atoms with E-state index in [1.807, 2.05) is 18.2 Å². The molecule has 2 aromatic carbocycles. The number of hydrogen-bond donors (Lipinski definition) is 2. The number of nitrogens with one attached hydrogen (secondary N) is 2. The molecule has 24 heavy (non-hydrogen) atoms. The lowest BCUT2D eigenvalue weighted by Crippen LogP contribution is -2.34. The quantitative estimate of drug-likeness (QED) is 0.812. The van der Waals surface area contributed by atoms with Crippen molar-refractivity contribution >= 4 is 28.9 Å². The summed E-state index contributed by atoms with van der Waals surface area (Å²) in [7, 11) is 4.55. The molecule has 0 atom stereocenters. The van der Waals surface area contributed by atoms with Gasteiger partial charge >= 0.3 is 0 Å². The van der Waals surface area contributed by atoms with E-state index < -0.39 is 5.91 Å². The van der Waals surface area contributed by atoms with Gasteiger partial charge in [-0.05, 0) is 36.5 Å². The van der Waals surface area contributed by atoms with Crippen LogP contribution in [0.1, 0.15) is 10.4 Å². The Balaban J connectivity index is 2.13. The van der Waals surface area contributed by atoms with Crippen molar-refractivity contribution in [1.29, 1.82) is 0 Å². The van der Waals surface area contributed by atoms with Gasteiger partial charge in [0.25, 0.3) is 5.91 Å². The van der Waals surface area contributed by atoms with E-state index in [1.54, 1.807) is 31.4 Å². The topological polar surface area (TPSA) is 68.8 Å². The maximum atomic E-state index is 12.5. The van der Waals surface area contributed by atoms with E-state index in [9.17, 15) is 4.79 Å². The molecular weight excluding hydrogens is 328 g/mol. The molecule has 7 heteroatoms. The number of benzene rings is 2. The molecule has 0 bridgehead atoms. The van der Waals surface area contributed by atoms with Crippen molar-refractivity contribution in [2.24, 2.45) is 0 Å². The van der Waals surface area contributed by atoms with E-state index in [4.69, 9.17) is 26.4 Å². The Labute approximate surface area is 145 Å². The van der Waals surface area contributed by atoms with Gasteiger partial charge in [-0.1, -0.05) is 12.1 Å².